The predicted molar refractivity (Wildman–Crippen MR) is 83.1 cm³/mol. The monoisotopic (exact) mass is 357 g/mol. The van der Waals surface area contributed by atoms with Crippen molar-refractivity contribution in [3.05, 3.63) is 36.0 Å². The Kier molecular flexibility index (Phi) is 6.37. The maximum atomic E-state index is 12.3. The van der Waals surface area contributed by atoms with Gasteiger partial charge in [-0.1, -0.05) is 17.6 Å². The van der Waals surface area contributed by atoms with Crippen LogP contribution in [0.3, 0.4) is 0 Å². The number of benzene rings is 1. The number of aromatic nitrogens is 2. The lowest BCUT2D eigenvalue weighted by molar-refractivity contribution is -0.159. The van der Waals surface area contributed by atoms with Gasteiger partial charge in [0, 0.05) is 24.6 Å². The van der Waals surface area contributed by atoms with Crippen molar-refractivity contribution in [2.75, 3.05) is 12.4 Å². The van der Waals surface area contributed by atoms with E-state index in [1.54, 1.807) is 31.4 Å². The molecule has 1 N–H and O–H groups in total. The number of ether oxygens (including phenoxy) is 1. The van der Waals surface area contributed by atoms with Gasteiger partial charge in [-0.05, 0) is 25.0 Å². The second kappa shape index (κ2) is 8.50. The SMILES string of the molecule is COc1cccc(NC(=O)CCCCCc2noc(C(F)(F)F)n2)c1. The van der Waals surface area contributed by atoms with E-state index < -0.39 is 12.1 Å². The average molecular weight is 357 g/mol. The molecule has 25 heavy (non-hydrogen) atoms. The largest absolute Gasteiger partial charge is 0.497 e. The predicted octanol–water partition coefficient (Wildman–Crippen LogP) is 3.84. The van der Waals surface area contributed by atoms with E-state index in [1.165, 1.54) is 0 Å². The summed E-state index contributed by atoms with van der Waals surface area (Å²) >= 11 is 0. The number of amides is 1. The molecule has 6 nitrogen and oxygen atoms in total. The van der Waals surface area contributed by atoms with Gasteiger partial charge in [0.05, 0.1) is 7.11 Å². The number of carbonyl (C=O) groups is 1. The molecule has 2 rings (SSSR count). The third-order valence-corrected chi connectivity index (χ3v) is 3.37. The lowest BCUT2D eigenvalue weighted by Gasteiger charge is -2.06. The maximum Gasteiger partial charge on any atom is 0.471 e. The lowest BCUT2D eigenvalue weighted by atomic mass is 10.1. The van der Waals surface area contributed by atoms with E-state index in [-0.39, 0.29) is 18.2 Å². The number of nitrogens with zero attached hydrogens (tertiary/aromatic N) is 2. The Labute approximate surface area is 142 Å². The van der Waals surface area contributed by atoms with Gasteiger partial charge in [0.1, 0.15) is 5.75 Å². The molecule has 1 heterocycles. The number of carbonyl (C=O) groups excluding carboxylic acids is 1. The van der Waals surface area contributed by atoms with Crippen molar-refractivity contribution >= 4 is 11.6 Å². The number of anilines is 1. The topological polar surface area (TPSA) is 77.2 Å². The van der Waals surface area contributed by atoms with E-state index >= 15 is 0 Å². The second-order valence-electron chi connectivity index (χ2n) is 5.35. The van der Waals surface area contributed by atoms with Crippen LogP contribution in [0.15, 0.2) is 28.8 Å². The molecule has 9 heteroatoms. The van der Waals surface area contributed by atoms with Gasteiger partial charge in [-0.3, -0.25) is 4.79 Å². The van der Waals surface area contributed by atoms with E-state index in [0.29, 0.717) is 37.1 Å². The Bertz CT molecular complexity index is 701. The Hall–Kier alpha value is -2.58. The van der Waals surface area contributed by atoms with Gasteiger partial charge in [0.2, 0.25) is 5.91 Å². The zero-order valence-electron chi connectivity index (χ0n) is 13.6. The van der Waals surface area contributed by atoms with Crippen molar-refractivity contribution < 1.29 is 27.2 Å². The van der Waals surface area contributed by atoms with Crippen LogP contribution in [0, 0.1) is 0 Å². The number of halogens is 3. The summed E-state index contributed by atoms with van der Waals surface area (Å²) in [5.41, 5.74) is 0.649. The number of rotatable bonds is 8. The van der Waals surface area contributed by atoms with Crippen LogP contribution in [0.25, 0.3) is 0 Å². The fraction of sp³-hybridized carbons (Fsp3) is 0.438. The number of unbranched alkanes of at least 4 members (excludes halogenated alkanes) is 2. The molecule has 0 aliphatic carbocycles. The number of nitrogens with one attached hydrogen (secondary N) is 1. The third kappa shape index (κ3) is 6.09. The number of hydrogen-bond acceptors (Lipinski definition) is 5. The van der Waals surface area contributed by atoms with Gasteiger partial charge in [0.15, 0.2) is 5.82 Å². The van der Waals surface area contributed by atoms with Crippen LogP contribution in [-0.2, 0) is 17.4 Å². The summed E-state index contributed by atoms with van der Waals surface area (Å²) in [6, 6.07) is 7.02. The average Bonchev–Trinajstić information content (AvgIpc) is 3.04. The zero-order chi connectivity index (χ0) is 18.3. The van der Waals surface area contributed by atoms with E-state index in [1.807, 2.05) is 0 Å². The molecule has 0 spiro atoms. The fourth-order valence-electron chi connectivity index (χ4n) is 2.14. The Morgan fingerprint density at radius 1 is 1.28 bits per heavy atom. The van der Waals surface area contributed by atoms with Gasteiger partial charge in [-0.2, -0.15) is 18.2 Å². The van der Waals surface area contributed by atoms with Gasteiger partial charge in [0.25, 0.3) is 0 Å². The van der Waals surface area contributed by atoms with Crippen molar-refractivity contribution in [3.8, 4) is 5.75 Å². The molecule has 0 aliphatic heterocycles. The molecular weight excluding hydrogens is 339 g/mol. The van der Waals surface area contributed by atoms with Gasteiger partial charge in [-0.25, -0.2) is 0 Å². The number of aryl methyl sites for hydroxylation is 1. The standard InChI is InChI=1S/C16H18F3N3O3/c1-24-12-7-5-6-11(10-12)20-14(23)9-4-2-3-8-13-21-15(25-22-13)16(17,18)19/h5-7,10H,2-4,8-9H2,1H3,(H,20,23). The summed E-state index contributed by atoms with van der Waals surface area (Å²) in [7, 11) is 1.54. The highest BCUT2D eigenvalue weighted by Gasteiger charge is 2.38. The number of hydrogen-bond donors (Lipinski definition) is 1. The Morgan fingerprint density at radius 3 is 2.76 bits per heavy atom. The molecule has 1 aromatic heterocycles. The van der Waals surface area contributed by atoms with Gasteiger partial charge >= 0.3 is 12.1 Å². The number of alkyl halides is 3. The molecule has 2 aromatic rings. The molecule has 0 saturated carbocycles. The molecule has 0 bridgehead atoms. The number of methoxy groups -OCH3 is 1. The minimum absolute atomic E-state index is 0.0214. The Balaban J connectivity index is 1.65. The highest BCUT2D eigenvalue weighted by molar-refractivity contribution is 5.90. The molecule has 0 atom stereocenters. The first kappa shape index (κ1) is 18.8. The van der Waals surface area contributed by atoms with E-state index in [0.717, 1.165) is 0 Å². The first-order valence-electron chi connectivity index (χ1n) is 7.72. The summed E-state index contributed by atoms with van der Waals surface area (Å²) in [4.78, 5) is 15.1. The molecule has 0 radical (unpaired) electrons. The molecule has 1 amide bonds. The van der Waals surface area contributed by atoms with Crippen LogP contribution < -0.4 is 10.1 Å². The first-order valence-corrected chi connectivity index (χ1v) is 7.72. The van der Waals surface area contributed by atoms with E-state index in [9.17, 15) is 18.0 Å². The van der Waals surface area contributed by atoms with Gasteiger partial charge in [-0.15, -0.1) is 0 Å². The maximum absolute atomic E-state index is 12.3. The normalized spacial score (nSPS) is 11.4. The quantitative estimate of drug-likeness (QED) is 0.727. The van der Waals surface area contributed by atoms with Gasteiger partial charge < -0.3 is 14.6 Å². The summed E-state index contributed by atoms with van der Waals surface area (Å²) in [5.74, 6) is -0.795. The highest BCUT2D eigenvalue weighted by Crippen LogP contribution is 2.27. The third-order valence-electron chi connectivity index (χ3n) is 3.37. The minimum atomic E-state index is -4.62. The van der Waals surface area contributed by atoms with Crippen molar-refractivity contribution in [2.45, 2.75) is 38.3 Å². The summed E-state index contributed by atoms with van der Waals surface area (Å²) in [6.07, 6.45) is -2.18. The van der Waals surface area contributed by atoms with E-state index in [4.69, 9.17) is 4.74 Å². The lowest BCUT2D eigenvalue weighted by Crippen LogP contribution is -2.11. The molecule has 1 aromatic carbocycles. The summed E-state index contributed by atoms with van der Waals surface area (Å²) in [5, 5.41) is 6.05. The smallest absolute Gasteiger partial charge is 0.471 e. The van der Waals surface area contributed by atoms with E-state index in [2.05, 4.69) is 20.0 Å². The second-order valence-corrected chi connectivity index (χ2v) is 5.35. The van der Waals surface area contributed by atoms with Crippen LogP contribution in [0.5, 0.6) is 5.75 Å². The molecular formula is C16H18F3N3O3. The van der Waals surface area contributed by atoms with Crippen LogP contribution in [0.1, 0.15) is 37.4 Å². The van der Waals surface area contributed by atoms with Crippen LogP contribution >= 0.6 is 0 Å². The van der Waals surface area contributed by atoms with Crippen molar-refractivity contribution in [3.63, 3.8) is 0 Å². The van der Waals surface area contributed by atoms with Crippen LogP contribution in [0.4, 0.5) is 18.9 Å². The first-order chi connectivity index (χ1) is 11.9. The van der Waals surface area contributed by atoms with Crippen molar-refractivity contribution in [2.24, 2.45) is 0 Å². The molecule has 136 valence electrons. The van der Waals surface area contributed by atoms with Crippen molar-refractivity contribution in [1.82, 2.24) is 10.1 Å². The summed E-state index contributed by atoms with van der Waals surface area (Å²) < 4.78 is 46.2. The highest BCUT2D eigenvalue weighted by atomic mass is 19.4. The molecule has 0 fully saturated rings. The molecule has 0 unspecified atom stereocenters. The molecule has 0 aliphatic rings. The van der Waals surface area contributed by atoms with Crippen LogP contribution in [-0.4, -0.2) is 23.2 Å². The fourth-order valence-corrected chi connectivity index (χ4v) is 2.14. The molecule has 0 saturated heterocycles. The zero-order valence-corrected chi connectivity index (χ0v) is 13.6. The van der Waals surface area contributed by atoms with Crippen molar-refractivity contribution in [1.29, 1.82) is 0 Å². The summed E-state index contributed by atoms with van der Waals surface area (Å²) in [6.45, 7) is 0. The minimum Gasteiger partial charge on any atom is -0.497 e. The Morgan fingerprint density at radius 2 is 2.08 bits per heavy atom. The van der Waals surface area contributed by atoms with Crippen LogP contribution in [0.2, 0.25) is 0 Å².